The highest BCUT2D eigenvalue weighted by Crippen LogP contribution is 2.27. The third kappa shape index (κ3) is 5.78. The number of halogens is 4. The van der Waals surface area contributed by atoms with Crippen molar-refractivity contribution in [3.63, 3.8) is 0 Å². The molecule has 4 rings (SSSR count). The molecule has 0 radical (unpaired) electrons. The van der Waals surface area contributed by atoms with E-state index in [9.17, 15) is 5.11 Å². The number of hydrogen-bond donors (Lipinski definition) is 2. The van der Waals surface area contributed by atoms with Crippen LogP contribution in [0.25, 0.3) is 11.0 Å². The number of benzene rings is 2. The summed E-state index contributed by atoms with van der Waals surface area (Å²) >= 11 is 12.1. The van der Waals surface area contributed by atoms with Crippen molar-refractivity contribution in [1.29, 1.82) is 5.41 Å². The molecule has 5 nitrogen and oxygen atoms in total. The standard InChI is InChI=1S/C22H26Cl2N4O.2ClH/c23-17-9-8-16(14-18(17)24)21(29)15-28-20-7-3-2-6-19(20)27(22(28)25)13-12-26-10-4-1-5-11-26;;/h2-3,6-9,14,21,25,29H,1,4-5,10-13,15H2;2*1H. The van der Waals surface area contributed by atoms with E-state index in [1.165, 1.54) is 19.3 Å². The molecule has 0 spiro atoms. The predicted octanol–water partition coefficient (Wildman–Crippen LogP) is 5.29. The summed E-state index contributed by atoms with van der Waals surface area (Å²) in [7, 11) is 0. The van der Waals surface area contributed by atoms with E-state index >= 15 is 0 Å². The number of fused-ring (bicyclic) bond motifs is 1. The van der Waals surface area contributed by atoms with Crippen LogP contribution in [0, 0.1) is 5.41 Å². The average molecular weight is 506 g/mol. The van der Waals surface area contributed by atoms with Crippen LogP contribution in [0.4, 0.5) is 0 Å². The summed E-state index contributed by atoms with van der Waals surface area (Å²) in [5.74, 6) is 0. The largest absolute Gasteiger partial charge is 0.387 e. The van der Waals surface area contributed by atoms with E-state index in [0.29, 0.717) is 21.2 Å². The van der Waals surface area contributed by atoms with Gasteiger partial charge in [-0.3, -0.25) is 5.41 Å². The van der Waals surface area contributed by atoms with Gasteiger partial charge in [0.05, 0.1) is 33.7 Å². The molecule has 0 amide bonds. The third-order valence-corrected chi connectivity index (χ3v) is 6.49. The third-order valence-electron chi connectivity index (χ3n) is 5.75. The Kier molecular flexibility index (Phi) is 9.74. The Bertz CT molecular complexity index is 1060. The van der Waals surface area contributed by atoms with Crippen molar-refractivity contribution in [3.8, 4) is 0 Å². The molecule has 170 valence electrons. The molecule has 1 aromatic heterocycles. The second kappa shape index (κ2) is 11.6. The monoisotopic (exact) mass is 504 g/mol. The van der Waals surface area contributed by atoms with Gasteiger partial charge in [0.2, 0.25) is 5.62 Å². The smallest absolute Gasteiger partial charge is 0.203 e. The molecule has 1 aliphatic rings. The van der Waals surface area contributed by atoms with Gasteiger partial charge in [0, 0.05) is 13.1 Å². The van der Waals surface area contributed by atoms with Gasteiger partial charge < -0.3 is 19.1 Å². The van der Waals surface area contributed by atoms with Crippen LogP contribution >= 0.6 is 48.0 Å². The lowest BCUT2D eigenvalue weighted by molar-refractivity contribution is 0.155. The zero-order valence-electron chi connectivity index (χ0n) is 17.1. The number of aliphatic hydroxyl groups excluding tert-OH is 1. The first-order valence-electron chi connectivity index (χ1n) is 10.1. The number of rotatable bonds is 6. The van der Waals surface area contributed by atoms with Crippen molar-refractivity contribution in [1.82, 2.24) is 14.0 Å². The molecule has 0 bridgehead atoms. The summed E-state index contributed by atoms with van der Waals surface area (Å²) in [4.78, 5) is 2.48. The molecule has 31 heavy (non-hydrogen) atoms. The lowest BCUT2D eigenvalue weighted by atomic mass is 10.1. The SMILES string of the molecule is Cl.Cl.N=c1n(CCN2CCCCC2)c2ccccc2n1CC(O)c1ccc(Cl)c(Cl)c1. The molecule has 0 saturated carbocycles. The molecule has 3 aromatic rings. The van der Waals surface area contributed by atoms with Crippen molar-refractivity contribution >= 4 is 59.0 Å². The van der Waals surface area contributed by atoms with E-state index in [1.54, 1.807) is 18.2 Å². The van der Waals surface area contributed by atoms with Gasteiger partial charge in [-0.1, -0.05) is 47.8 Å². The predicted molar refractivity (Wildman–Crippen MR) is 132 cm³/mol. The zero-order valence-corrected chi connectivity index (χ0v) is 20.3. The Morgan fingerprint density at radius 3 is 2.16 bits per heavy atom. The van der Waals surface area contributed by atoms with Crippen LogP contribution in [-0.4, -0.2) is 38.8 Å². The van der Waals surface area contributed by atoms with E-state index in [1.807, 2.05) is 33.4 Å². The Balaban J connectivity index is 0.00000171. The van der Waals surface area contributed by atoms with Crippen molar-refractivity contribution in [2.45, 2.75) is 38.5 Å². The lowest BCUT2D eigenvalue weighted by Gasteiger charge is -2.26. The summed E-state index contributed by atoms with van der Waals surface area (Å²) in [6, 6.07) is 13.2. The number of imidazole rings is 1. The summed E-state index contributed by atoms with van der Waals surface area (Å²) in [5.41, 5.74) is 3.07. The molecule has 1 aliphatic heterocycles. The average Bonchev–Trinajstić information content (AvgIpc) is 3.00. The number of piperidine rings is 1. The Hall–Kier alpha value is -1.21. The highest BCUT2D eigenvalue weighted by atomic mass is 35.5. The minimum Gasteiger partial charge on any atom is -0.387 e. The molecule has 2 aromatic carbocycles. The Labute approximate surface area is 204 Å². The van der Waals surface area contributed by atoms with Crippen LogP contribution in [0.2, 0.25) is 10.0 Å². The van der Waals surface area contributed by atoms with Crippen molar-refractivity contribution in [2.24, 2.45) is 0 Å². The summed E-state index contributed by atoms with van der Waals surface area (Å²) in [6.07, 6.45) is 3.06. The summed E-state index contributed by atoms with van der Waals surface area (Å²) in [6.45, 7) is 4.29. The Morgan fingerprint density at radius 2 is 1.52 bits per heavy atom. The maximum absolute atomic E-state index is 10.8. The van der Waals surface area contributed by atoms with Gasteiger partial charge in [0.25, 0.3) is 0 Å². The first-order chi connectivity index (χ1) is 14.0. The molecule has 9 heteroatoms. The van der Waals surface area contributed by atoms with Gasteiger partial charge in [0.15, 0.2) is 0 Å². The number of hydrogen-bond acceptors (Lipinski definition) is 3. The van der Waals surface area contributed by atoms with Crippen LogP contribution in [0.1, 0.15) is 30.9 Å². The number of para-hydroxylation sites is 2. The first kappa shape index (κ1) is 26.0. The minimum absolute atomic E-state index is 0. The van der Waals surface area contributed by atoms with Gasteiger partial charge >= 0.3 is 0 Å². The highest BCUT2D eigenvalue weighted by molar-refractivity contribution is 6.42. The number of nitrogens with zero attached hydrogens (tertiary/aromatic N) is 3. The molecule has 1 saturated heterocycles. The molecule has 1 fully saturated rings. The van der Waals surface area contributed by atoms with Crippen LogP contribution in [0.15, 0.2) is 42.5 Å². The van der Waals surface area contributed by atoms with E-state index in [-0.39, 0.29) is 31.4 Å². The fourth-order valence-electron chi connectivity index (χ4n) is 4.13. The Morgan fingerprint density at radius 1 is 0.871 bits per heavy atom. The van der Waals surface area contributed by atoms with Crippen LogP contribution < -0.4 is 5.62 Å². The second-order valence-corrected chi connectivity index (χ2v) is 8.48. The van der Waals surface area contributed by atoms with Gasteiger partial charge in [-0.05, 0) is 55.8 Å². The minimum atomic E-state index is -0.778. The lowest BCUT2D eigenvalue weighted by Crippen LogP contribution is -2.35. The summed E-state index contributed by atoms with van der Waals surface area (Å²) < 4.78 is 3.92. The number of nitrogens with one attached hydrogen (secondary N) is 1. The molecular formula is C22H28Cl4N4O. The van der Waals surface area contributed by atoms with Crippen molar-refractivity contribution in [3.05, 3.63) is 63.7 Å². The first-order valence-corrected chi connectivity index (χ1v) is 10.9. The van der Waals surface area contributed by atoms with Crippen LogP contribution in [0.3, 0.4) is 0 Å². The van der Waals surface area contributed by atoms with E-state index in [4.69, 9.17) is 28.6 Å². The fourth-order valence-corrected chi connectivity index (χ4v) is 4.43. The quantitative estimate of drug-likeness (QED) is 0.478. The maximum atomic E-state index is 10.8. The van der Waals surface area contributed by atoms with Crippen LogP contribution in [0.5, 0.6) is 0 Å². The van der Waals surface area contributed by atoms with E-state index in [0.717, 1.165) is 37.2 Å². The van der Waals surface area contributed by atoms with Gasteiger partial charge in [-0.2, -0.15) is 0 Å². The topological polar surface area (TPSA) is 57.2 Å². The number of likely N-dealkylation sites (tertiary alicyclic amines) is 1. The second-order valence-electron chi connectivity index (χ2n) is 7.67. The molecule has 1 unspecified atom stereocenters. The van der Waals surface area contributed by atoms with E-state index in [2.05, 4.69) is 4.90 Å². The normalized spacial score (nSPS) is 15.3. The highest BCUT2D eigenvalue weighted by Gasteiger charge is 2.17. The number of aromatic nitrogens is 2. The molecule has 2 N–H and O–H groups in total. The molecule has 2 heterocycles. The van der Waals surface area contributed by atoms with Gasteiger partial charge in [-0.15, -0.1) is 24.8 Å². The van der Waals surface area contributed by atoms with Crippen LogP contribution in [-0.2, 0) is 13.1 Å². The maximum Gasteiger partial charge on any atom is 0.203 e. The molecule has 0 aliphatic carbocycles. The van der Waals surface area contributed by atoms with E-state index < -0.39 is 6.10 Å². The van der Waals surface area contributed by atoms with Crippen molar-refractivity contribution < 1.29 is 5.11 Å². The fraction of sp³-hybridized carbons (Fsp3) is 0.409. The molecule has 1 atom stereocenters. The number of aliphatic hydroxyl groups is 1. The van der Waals surface area contributed by atoms with Crippen molar-refractivity contribution in [2.75, 3.05) is 19.6 Å². The van der Waals surface area contributed by atoms with Gasteiger partial charge in [-0.25, -0.2) is 0 Å². The van der Waals surface area contributed by atoms with Gasteiger partial charge in [0.1, 0.15) is 0 Å². The summed E-state index contributed by atoms with van der Waals surface area (Å²) in [5, 5.41) is 20.4. The molecular weight excluding hydrogens is 478 g/mol. The zero-order chi connectivity index (χ0) is 20.4.